The van der Waals surface area contributed by atoms with E-state index in [1.165, 1.54) is 6.33 Å². The molecule has 0 bridgehead atoms. The summed E-state index contributed by atoms with van der Waals surface area (Å²) in [5, 5.41) is 10.9. The summed E-state index contributed by atoms with van der Waals surface area (Å²) in [4.78, 5) is 8.37. The molecule has 1 saturated heterocycles. The van der Waals surface area contributed by atoms with Gasteiger partial charge in [-0.25, -0.2) is 9.97 Å². The second-order valence-corrected chi connectivity index (χ2v) is 6.79. The smallest absolute Gasteiger partial charge is 0.163 e. The van der Waals surface area contributed by atoms with E-state index in [0.717, 1.165) is 17.5 Å². The number of nitrogens with zero attached hydrogens (tertiary/aromatic N) is 3. The van der Waals surface area contributed by atoms with Gasteiger partial charge in [0.05, 0.1) is 17.5 Å². The maximum Gasteiger partial charge on any atom is 0.163 e. The first-order valence-electron chi connectivity index (χ1n) is 7.44. The number of aromatic nitrogens is 3. The first-order valence-corrected chi connectivity index (χ1v) is 7.81. The Kier molecular flexibility index (Phi) is 3.20. The number of hydrogen-bond donors (Lipinski definition) is 1. The number of rotatable bonds is 2. The fourth-order valence-electron chi connectivity index (χ4n) is 3.72. The highest BCUT2D eigenvalue weighted by molar-refractivity contribution is 6.33. The molecular weight excluding hydrogens is 306 g/mol. The molecule has 3 heterocycles. The molecule has 6 nitrogen and oxygen atoms in total. The predicted octanol–water partition coefficient (Wildman–Crippen LogP) is 2.16. The Hall–Kier alpha value is -1.21. The average molecular weight is 324 g/mol. The van der Waals surface area contributed by atoms with Crippen LogP contribution in [0.3, 0.4) is 0 Å². The third-order valence-electron chi connectivity index (χ3n) is 4.60. The van der Waals surface area contributed by atoms with Gasteiger partial charge in [-0.05, 0) is 26.3 Å². The summed E-state index contributed by atoms with van der Waals surface area (Å²) in [5.41, 5.74) is 0.788. The zero-order valence-corrected chi connectivity index (χ0v) is 13.2. The molecule has 2 fully saturated rings. The van der Waals surface area contributed by atoms with Gasteiger partial charge in [-0.1, -0.05) is 11.6 Å². The van der Waals surface area contributed by atoms with E-state index < -0.39 is 5.79 Å². The maximum atomic E-state index is 9.66. The van der Waals surface area contributed by atoms with Crippen molar-refractivity contribution in [2.24, 2.45) is 5.92 Å². The van der Waals surface area contributed by atoms with Crippen molar-refractivity contribution in [2.75, 3.05) is 6.61 Å². The van der Waals surface area contributed by atoms with Crippen LogP contribution < -0.4 is 0 Å². The van der Waals surface area contributed by atoms with Crippen LogP contribution in [0.25, 0.3) is 11.0 Å². The van der Waals surface area contributed by atoms with Gasteiger partial charge in [0.2, 0.25) is 0 Å². The molecule has 118 valence electrons. The largest absolute Gasteiger partial charge is 0.396 e. The second kappa shape index (κ2) is 4.89. The van der Waals surface area contributed by atoms with Crippen LogP contribution in [0.2, 0.25) is 5.15 Å². The second-order valence-electron chi connectivity index (χ2n) is 6.44. The summed E-state index contributed by atoms with van der Waals surface area (Å²) in [6.45, 7) is 3.90. The fourth-order valence-corrected chi connectivity index (χ4v) is 3.91. The number of aliphatic hydroxyl groups excluding tert-OH is 1. The van der Waals surface area contributed by atoms with Crippen molar-refractivity contribution < 1.29 is 14.6 Å². The molecule has 1 aliphatic heterocycles. The van der Waals surface area contributed by atoms with Crippen LogP contribution in [0.15, 0.2) is 18.6 Å². The van der Waals surface area contributed by atoms with Gasteiger partial charge in [-0.3, -0.25) is 0 Å². The van der Waals surface area contributed by atoms with E-state index in [-0.39, 0.29) is 30.8 Å². The zero-order valence-electron chi connectivity index (χ0n) is 12.4. The summed E-state index contributed by atoms with van der Waals surface area (Å²) < 4.78 is 14.1. The Morgan fingerprint density at radius 1 is 1.36 bits per heavy atom. The molecule has 4 atom stereocenters. The van der Waals surface area contributed by atoms with Crippen LogP contribution >= 0.6 is 11.6 Å². The Morgan fingerprint density at radius 3 is 2.91 bits per heavy atom. The lowest BCUT2D eigenvalue weighted by atomic mass is 10.1. The lowest BCUT2D eigenvalue weighted by molar-refractivity contribution is -0.161. The Bertz CT molecular complexity index is 717. The number of aliphatic hydroxyl groups is 1. The molecule has 0 spiro atoms. The molecule has 7 heteroatoms. The van der Waals surface area contributed by atoms with Crippen molar-refractivity contribution in [2.45, 2.75) is 44.3 Å². The Labute approximate surface area is 133 Å². The van der Waals surface area contributed by atoms with Crippen LogP contribution in [-0.2, 0) is 9.47 Å². The van der Waals surface area contributed by atoms with Crippen molar-refractivity contribution >= 4 is 22.6 Å². The van der Waals surface area contributed by atoms with E-state index in [4.69, 9.17) is 21.1 Å². The van der Waals surface area contributed by atoms with E-state index in [1.807, 2.05) is 26.1 Å². The summed E-state index contributed by atoms with van der Waals surface area (Å²) in [6, 6.07) is 1.98. The highest BCUT2D eigenvalue weighted by Gasteiger charge is 2.54. The summed E-state index contributed by atoms with van der Waals surface area (Å²) in [5.74, 6) is -0.566. The lowest BCUT2D eigenvalue weighted by Gasteiger charge is -2.24. The topological polar surface area (TPSA) is 69.4 Å². The molecule has 2 aliphatic rings. The van der Waals surface area contributed by atoms with Crippen molar-refractivity contribution in [3.63, 3.8) is 0 Å². The molecular formula is C15H18ClN3O3. The molecule has 1 N–H and O–H groups in total. The van der Waals surface area contributed by atoms with E-state index in [1.54, 1.807) is 0 Å². The van der Waals surface area contributed by atoms with E-state index in [2.05, 4.69) is 14.5 Å². The monoisotopic (exact) mass is 323 g/mol. The van der Waals surface area contributed by atoms with Gasteiger partial charge in [0, 0.05) is 18.7 Å². The molecule has 2 unspecified atom stereocenters. The average Bonchev–Trinajstić information content (AvgIpc) is 3.10. The SMILES string of the molecule is CC1(C)O[C@@H]2C(CO)CC(n3ccc4c(Cl)ncnc43)[C@@H]2O1. The van der Waals surface area contributed by atoms with Crippen molar-refractivity contribution in [1.29, 1.82) is 0 Å². The van der Waals surface area contributed by atoms with Gasteiger partial charge in [-0.15, -0.1) is 0 Å². The van der Waals surface area contributed by atoms with Gasteiger partial charge >= 0.3 is 0 Å². The molecule has 1 aliphatic carbocycles. The van der Waals surface area contributed by atoms with Crippen LogP contribution in [-0.4, -0.2) is 44.2 Å². The minimum atomic E-state index is -0.628. The molecule has 1 saturated carbocycles. The van der Waals surface area contributed by atoms with Gasteiger partial charge in [0.15, 0.2) is 5.79 Å². The maximum absolute atomic E-state index is 9.66. The molecule has 2 aromatic heterocycles. The quantitative estimate of drug-likeness (QED) is 0.858. The van der Waals surface area contributed by atoms with Crippen molar-refractivity contribution in [3.05, 3.63) is 23.7 Å². The Morgan fingerprint density at radius 2 is 2.14 bits per heavy atom. The third-order valence-corrected chi connectivity index (χ3v) is 4.91. The van der Waals surface area contributed by atoms with Gasteiger partial charge < -0.3 is 19.1 Å². The molecule has 2 aromatic rings. The van der Waals surface area contributed by atoms with E-state index in [9.17, 15) is 5.11 Å². The predicted molar refractivity (Wildman–Crippen MR) is 80.6 cm³/mol. The van der Waals surface area contributed by atoms with Gasteiger partial charge in [0.1, 0.15) is 23.2 Å². The van der Waals surface area contributed by atoms with Gasteiger partial charge in [-0.2, -0.15) is 0 Å². The molecule has 4 rings (SSSR count). The van der Waals surface area contributed by atoms with E-state index >= 15 is 0 Å². The van der Waals surface area contributed by atoms with Crippen LogP contribution in [0.5, 0.6) is 0 Å². The van der Waals surface area contributed by atoms with E-state index in [0.29, 0.717) is 5.15 Å². The minimum absolute atomic E-state index is 0.0616. The molecule has 0 radical (unpaired) electrons. The summed E-state index contributed by atoms with van der Waals surface area (Å²) >= 11 is 6.13. The lowest BCUT2D eigenvalue weighted by Crippen LogP contribution is -2.27. The zero-order chi connectivity index (χ0) is 15.5. The summed E-state index contributed by atoms with van der Waals surface area (Å²) in [7, 11) is 0. The van der Waals surface area contributed by atoms with Gasteiger partial charge in [0.25, 0.3) is 0 Å². The normalized spacial score (nSPS) is 33.5. The molecule has 22 heavy (non-hydrogen) atoms. The number of fused-ring (bicyclic) bond motifs is 2. The highest BCUT2D eigenvalue weighted by atomic mass is 35.5. The summed E-state index contributed by atoms with van der Waals surface area (Å²) in [6.07, 6.45) is 4.01. The molecule has 0 amide bonds. The highest BCUT2D eigenvalue weighted by Crippen LogP contribution is 2.47. The first-order chi connectivity index (χ1) is 10.5. The van der Waals surface area contributed by atoms with Crippen molar-refractivity contribution in [3.8, 4) is 0 Å². The molecule has 0 aromatic carbocycles. The van der Waals surface area contributed by atoms with Crippen LogP contribution in [0.4, 0.5) is 0 Å². The number of halogens is 1. The van der Waals surface area contributed by atoms with Crippen LogP contribution in [0, 0.1) is 5.92 Å². The van der Waals surface area contributed by atoms with Crippen LogP contribution in [0.1, 0.15) is 26.3 Å². The van der Waals surface area contributed by atoms with Crippen molar-refractivity contribution in [1.82, 2.24) is 14.5 Å². The minimum Gasteiger partial charge on any atom is -0.396 e. The fraction of sp³-hybridized carbons (Fsp3) is 0.600. The standard InChI is InChI=1S/C15H18ClN3O3/c1-15(2)21-11-8(6-20)5-10(12(11)22-15)19-4-3-9-13(16)17-7-18-14(9)19/h3-4,7-8,10-12,20H,5-6H2,1-2H3/t8?,10?,11-,12+/m1/s1. The third kappa shape index (κ3) is 2.06. The number of ether oxygens (including phenoxy) is 2. The first kappa shape index (κ1) is 14.4. The number of hydrogen-bond acceptors (Lipinski definition) is 5. The Balaban J connectivity index is 1.77.